The molecule has 1 heterocycles. The molecule has 0 aliphatic heterocycles. The van der Waals surface area contributed by atoms with Gasteiger partial charge in [-0.15, -0.1) is 0 Å². The number of H-pyrrole nitrogens is 1. The lowest BCUT2D eigenvalue weighted by atomic mass is 9.90. The predicted octanol–water partition coefficient (Wildman–Crippen LogP) is 2.32. The van der Waals surface area contributed by atoms with E-state index in [-0.39, 0.29) is 5.56 Å². The number of carboxylic acids is 1. The molecule has 0 bridgehead atoms. The molecule has 0 amide bonds. The Balaban J connectivity index is 0.000000471. The number of hydrogen-bond acceptors (Lipinski definition) is 5. The minimum Gasteiger partial charge on any atom is -0.481 e. The van der Waals surface area contributed by atoms with Crippen LogP contribution in [0.25, 0.3) is 0 Å². The highest BCUT2D eigenvalue weighted by Crippen LogP contribution is 2.21. The fraction of sp³-hybridized carbons (Fsp3) is 0.294. The van der Waals surface area contributed by atoms with Crippen molar-refractivity contribution in [3.05, 3.63) is 57.5 Å². The van der Waals surface area contributed by atoms with Crippen LogP contribution in [0.2, 0.25) is 0 Å². The van der Waals surface area contributed by atoms with Crippen LogP contribution in [0.5, 0.6) is 0 Å². The number of hydrogen-bond donors (Lipinski definition) is 3. The number of carbonyl (C=O) groups is 1. The molecule has 1 aromatic carbocycles. The summed E-state index contributed by atoms with van der Waals surface area (Å²) in [7, 11) is 0. The van der Waals surface area contributed by atoms with Crippen molar-refractivity contribution in [1.82, 2.24) is 9.97 Å². The molecular formula is C17H20N4O3. The van der Waals surface area contributed by atoms with Crippen LogP contribution in [0.3, 0.4) is 0 Å². The highest BCUT2D eigenvalue weighted by atomic mass is 16.4. The molecule has 3 N–H and O–H groups in total. The molecule has 0 unspecified atom stereocenters. The van der Waals surface area contributed by atoms with E-state index in [1.165, 1.54) is 17.2 Å². The zero-order valence-corrected chi connectivity index (χ0v) is 13.7. The van der Waals surface area contributed by atoms with Crippen LogP contribution in [0.15, 0.2) is 40.2 Å². The Hall–Kier alpha value is -2.96. The number of anilines is 1. The topological polar surface area (TPSA) is 107 Å². The van der Waals surface area contributed by atoms with Crippen molar-refractivity contribution < 1.29 is 9.90 Å². The van der Waals surface area contributed by atoms with Crippen LogP contribution in [0.1, 0.15) is 36.6 Å². The average Bonchev–Trinajstić information content (AvgIpc) is 2.51. The minimum absolute atomic E-state index is 0.177. The van der Waals surface area contributed by atoms with E-state index in [9.17, 15) is 4.79 Å². The Kier molecular flexibility index (Phi) is 5.83. The normalized spacial score (nSPS) is 14.3. The molecule has 0 fully saturated rings. The van der Waals surface area contributed by atoms with E-state index in [1.807, 2.05) is 6.07 Å². The zero-order valence-electron chi connectivity index (χ0n) is 13.7. The molecule has 24 heavy (non-hydrogen) atoms. The summed E-state index contributed by atoms with van der Waals surface area (Å²) in [4.78, 5) is 27.2. The molecule has 1 aromatic heterocycles. The van der Waals surface area contributed by atoms with Gasteiger partial charge in [-0.25, -0.2) is 10.4 Å². The van der Waals surface area contributed by atoms with E-state index in [2.05, 4.69) is 38.7 Å². The number of hydrazone groups is 1. The maximum atomic E-state index is 11.4. The van der Waals surface area contributed by atoms with Gasteiger partial charge < -0.3 is 5.11 Å². The van der Waals surface area contributed by atoms with Gasteiger partial charge in [0.25, 0.3) is 11.5 Å². The molecule has 3 rings (SSSR count). The first kappa shape index (κ1) is 17.4. The summed E-state index contributed by atoms with van der Waals surface area (Å²) in [5.41, 5.74) is 6.86. The molecule has 1 aliphatic carbocycles. The molecule has 0 spiro atoms. The molecule has 0 saturated carbocycles. The molecule has 7 nitrogen and oxygen atoms in total. The van der Waals surface area contributed by atoms with E-state index in [0.717, 1.165) is 31.9 Å². The number of rotatable bonds is 2. The van der Waals surface area contributed by atoms with E-state index < -0.39 is 5.97 Å². The smallest absolute Gasteiger partial charge is 0.300 e. The van der Waals surface area contributed by atoms with Gasteiger partial charge >= 0.3 is 0 Å². The van der Waals surface area contributed by atoms with Gasteiger partial charge in [0.05, 0.1) is 5.71 Å². The summed E-state index contributed by atoms with van der Waals surface area (Å²) in [5, 5.41) is 11.8. The van der Waals surface area contributed by atoms with Crippen LogP contribution in [-0.4, -0.2) is 26.8 Å². The van der Waals surface area contributed by atoms with Gasteiger partial charge in [0.2, 0.25) is 5.95 Å². The largest absolute Gasteiger partial charge is 0.481 e. The van der Waals surface area contributed by atoms with Crippen LogP contribution in [0, 0.1) is 6.92 Å². The number of aliphatic carboxylic acids is 1. The van der Waals surface area contributed by atoms with Crippen molar-refractivity contribution >= 4 is 17.6 Å². The molecule has 0 radical (unpaired) electrons. The fourth-order valence-corrected chi connectivity index (χ4v) is 2.47. The van der Waals surface area contributed by atoms with Gasteiger partial charge in [0.1, 0.15) is 0 Å². The molecular weight excluding hydrogens is 308 g/mol. The molecule has 7 heteroatoms. The number of fused-ring (bicyclic) bond motifs is 1. The lowest BCUT2D eigenvalue weighted by Crippen LogP contribution is -2.15. The lowest BCUT2D eigenvalue weighted by molar-refractivity contribution is -0.134. The molecule has 1 aliphatic rings. The number of aromatic nitrogens is 2. The summed E-state index contributed by atoms with van der Waals surface area (Å²) in [6.45, 7) is 2.86. The summed E-state index contributed by atoms with van der Waals surface area (Å²) < 4.78 is 0. The molecule has 0 saturated heterocycles. The number of benzene rings is 1. The monoisotopic (exact) mass is 328 g/mol. The second-order valence-corrected chi connectivity index (χ2v) is 5.44. The Morgan fingerprint density at radius 1 is 1.33 bits per heavy atom. The zero-order chi connectivity index (χ0) is 17.5. The Morgan fingerprint density at radius 3 is 2.75 bits per heavy atom. The van der Waals surface area contributed by atoms with Crippen molar-refractivity contribution in [1.29, 1.82) is 0 Å². The Bertz CT molecular complexity index is 807. The second-order valence-electron chi connectivity index (χ2n) is 5.44. The Labute approximate surface area is 139 Å². The maximum absolute atomic E-state index is 11.4. The van der Waals surface area contributed by atoms with Gasteiger partial charge in [0.15, 0.2) is 0 Å². The lowest BCUT2D eigenvalue weighted by Gasteiger charge is -2.17. The highest BCUT2D eigenvalue weighted by Gasteiger charge is 2.14. The van der Waals surface area contributed by atoms with E-state index >= 15 is 0 Å². The number of nitrogens with one attached hydrogen (secondary N) is 2. The van der Waals surface area contributed by atoms with Crippen molar-refractivity contribution in [2.75, 3.05) is 5.43 Å². The summed E-state index contributed by atoms with van der Waals surface area (Å²) >= 11 is 0. The highest BCUT2D eigenvalue weighted by molar-refractivity contribution is 6.02. The van der Waals surface area contributed by atoms with E-state index in [1.54, 1.807) is 6.92 Å². The molecule has 0 atom stereocenters. The summed E-state index contributed by atoms with van der Waals surface area (Å²) in [6.07, 6.45) is 3.12. The van der Waals surface area contributed by atoms with Gasteiger partial charge in [-0.1, -0.05) is 24.3 Å². The first-order valence-electron chi connectivity index (χ1n) is 7.64. The fourth-order valence-electron chi connectivity index (χ4n) is 2.47. The third kappa shape index (κ3) is 5.05. The number of aryl methyl sites for hydroxylation is 2. The van der Waals surface area contributed by atoms with Crippen molar-refractivity contribution in [3.8, 4) is 0 Å². The van der Waals surface area contributed by atoms with Crippen molar-refractivity contribution in [3.63, 3.8) is 0 Å². The van der Waals surface area contributed by atoms with Crippen LogP contribution in [0.4, 0.5) is 5.95 Å². The molecule has 2 aromatic rings. The van der Waals surface area contributed by atoms with Crippen LogP contribution < -0.4 is 11.0 Å². The SMILES string of the molecule is CC(=O)O.Cc1cc(=O)[nH]c(N/N=C2/CCCc3ccccc32)n1. The number of nitrogens with zero attached hydrogens (tertiary/aromatic N) is 2. The minimum atomic E-state index is -0.833. The predicted molar refractivity (Wildman–Crippen MR) is 92.4 cm³/mol. The first-order chi connectivity index (χ1) is 11.5. The number of carboxylic acid groups (broad SMARTS) is 1. The van der Waals surface area contributed by atoms with Gasteiger partial charge in [-0.05, 0) is 31.7 Å². The van der Waals surface area contributed by atoms with E-state index in [0.29, 0.717) is 11.6 Å². The standard InChI is InChI=1S/C15H16N4O.C2H4O2/c1-10-9-14(20)17-15(16-10)19-18-13-8-4-6-11-5-2-3-7-12(11)13;1-2(3)4/h2-3,5,7,9H,4,6,8H2,1H3,(H2,16,17,19,20);1H3,(H,3,4)/b18-13-;. The first-order valence-corrected chi connectivity index (χ1v) is 7.64. The van der Waals surface area contributed by atoms with E-state index in [4.69, 9.17) is 9.90 Å². The van der Waals surface area contributed by atoms with Crippen LogP contribution in [-0.2, 0) is 11.2 Å². The van der Waals surface area contributed by atoms with Gasteiger partial charge in [-0.3, -0.25) is 14.6 Å². The summed E-state index contributed by atoms with van der Waals surface area (Å²) in [6, 6.07) is 9.74. The van der Waals surface area contributed by atoms with Crippen molar-refractivity contribution in [2.24, 2.45) is 5.10 Å². The van der Waals surface area contributed by atoms with Gasteiger partial charge in [-0.2, -0.15) is 5.10 Å². The van der Waals surface area contributed by atoms with Crippen LogP contribution >= 0.6 is 0 Å². The molecule has 126 valence electrons. The third-order valence-corrected chi connectivity index (χ3v) is 3.35. The number of aromatic amines is 1. The van der Waals surface area contributed by atoms with Crippen molar-refractivity contribution in [2.45, 2.75) is 33.1 Å². The summed E-state index contributed by atoms with van der Waals surface area (Å²) in [5.74, 6) is -0.453. The maximum Gasteiger partial charge on any atom is 0.300 e. The second kappa shape index (κ2) is 8.05. The third-order valence-electron chi connectivity index (χ3n) is 3.35. The van der Waals surface area contributed by atoms with Gasteiger partial charge in [0, 0.05) is 24.2 Å². The Morgan fingerprint density at radius 2 is 2.04 bits per heavy atom. The average molecular weight is 328 g/mol. The quantitative estimate of drug-likeness (QED) is 0.733.